The summed E-state index contributed by atoms with van der Waals surface area (Å²) >= 11 is 6.40. The molecular formula is C56H74N10O8S4. The number of nitrogens with two attached hydrogens (primary N) is 2. The van der Waals surface area contributed by atoms with Gasteiger partial charge in [0.05, 0.1) is 64.8 Å². The van der Waals surface area contributed by atoms with Crippen molar-refractivity contribution in [1.82, 2.24) is 9.97 Å². The van der Waals surface area contributed by atoms with Crippen LogP contribution >= 0.6 is 45.3 Å². The van der Waals surface area contributed by atoms with Crippen molar-refractivity contribution < 1.29 is 38.0 Å². The molecule has 0 aromatic carbocycles. The number of nitrogen functional groups attached to an aromatic ring is 2. The van der Waals surface area contributed by atoms with Gasteiger partial charge in [-0.2, -0.15) is 0 Å². The number of anilines is 2. The molecule has 78 heavy (non-hydrogen) atoms. The first kappa shape index (κ1) is 64.5. The average molecular weight is 1140 g/mol. The molecule has 0 spiro atoms. The highest BCUT2D eigenvalue weighted by molar-refractivity contribution is 7.16. The Morgan fingerprint density at radius 2 is 0.833 bits per heavy atom. The van der Waals surface area contributed by atoms with Gasteiger partial charge in [0.25, 0.3) is 0 Å². The Hall–Kier alpha value is -6.05. The maximum atomic E-state index is 10.6. The molecule has 6 aromatic heterocycles. The minimum Gasteiger partial charge on any atom is -0.487 e. The molecule has 0 radical (unpaired) electrons. The van der Waals surface area contributed by atoms with Crippen molar-refractivity contribution in [3.8, 4) is 5.06 Å². The van der Waals surface area contributed by atoms with Gasteiger partial charge in [0.15, 0.2) is 23.0 Å². The van der Waals surface area contributed by atoms with Crippen molar-refractivity contribution in [2.24, 2.45) is 30.0 Å². The number of thiophene rings is 4. The standard InChI is InChI=1S/C29H37N5O3S2.C22H30N2O5S2.C5H7N3/c1-3-32-28-7-4-8-29(34-28)33-23-27-12-11-26(39-27)22-31-14-6-16-36-18-20-37-19-17-35-15-5-13-30-21-25-10-9-24(2)38-25;1-26-22-7-6-20(31-22)17-24-9-3-11-28-13-15-29-14-12-27-10-2-8-23-16-19-4-5-21(18-25)30-19;6-4-2-1-3-5(7)8-4/h3-4,7-12,21-23H,5-6,13-20H2,1-2H3;4-7,16-18H,2-3,8-15H2,1H3;1-3H,(H4,6,7,8). The number of carbonyl (C=O) groups excluding carboxylic acids is 1. The van der Waals surface area contributed by atoms with Crippen molar-refractivity contribution in [2.45, 2.75) is 39.5 Å². The zero-order valence-corrected chi connectivity index (χ0v) is 48.2. The van der Waals surface area contributed by atoms with E-state index in [1.165, 1.54) is 21.1 Å². The van der Waals surface area contributed by atoms with E-state index in [0.29, 0.717) is 109 Å². The van der Waals surface area contributed by atoms with Crippen molar-refractivity contribution in [1.29, 1.82) is 0 Å². The molecule has 6 aromatic rings. The number of methoxy groups -OCH3 is 1. The van der Waals surface area contributed by atoms with Crippen LogP contribution in [0.4, 0.5) is 23.3 Å². The van der Waals surface area contributed by atoms with Crippen LogP contribution in [0.5, 0.6) is 5.06 Å². The zero-order chi connectivity index (χ0) is 55.4. The second-order valence-electron chi connectivity index (χ2n) is 16.1. The number of pyridine rings is 2. The third-order valence-corrected chi connectivity index (χ3v) is 13.6. The summed E-state index contributed by atoms with van der Waals surface area (Å²) < 4.78 is 38.4. The molecule has 22 heteroatoms. The summed E-state index contributed by atoms with van der Waals surface area (Å²) in [5.41, 5.74) is 10.5. The van der Waals surface area contributed by atoms with E-state index in [1.807, 2.05) is 80.3 Å². The lowest BCUT2D eigenvalue weighted by molar-refractivity contribution is 0.0143. The van der Waals surface area contributed by atoms with Gasteiger partial charge >= 0.3 is 0 Å². The number of aryl methyl sites for hydroxylation is 1. The number of hydrogen-bond acceptors (Lipinski definition) is 22. The Kier molecular flexibility index (Phi) is 35.5. The fourth-order valence-corrected chi connectivity index (χ4v) is 9.05. The molecule has 18 nitrogen and oxygen atoms in total. The minimum absolute atomic E-state index is 0.463. The van der Waals surface area contributed by atoms with Crippen LogP contribution in [0.2, 0.25) is 0 Å². The van der Waals surface area contributed by atoms with Crippen molar-refractivity contribution in [3.05, 3.63) is 119 Å². The van der Waals surface area contributed by atoms with E-state index in [1.54, 1.807) is 77.8 Å². The van der Waals surface area contributed by atoms with Crippen LogP contribution in [0.3, 0.4) is 0 Å². The molecule has 0 atom stereocenters. The number of aliphatic imine (C=N–C) groups is 6. The van der Waals surface area contributed by atoms with E-state index >= 15 is 0 Å². The lowest BCUT2D eigenvalue weighted by atomic mass is 10.4. The summed E-state index contributed by atoms with van der Waals surface area (Å²) in [5, 5.41) is 0.894. The number of hydrogen-bond donors (Lipinski definition) is 2. The second kappa shape index (κ2) is 42.9. The minimum atomic E-state index is 0.463. The van der Waals surface area contributed by atoms with Crippen LogP contribution < -0.4 is 16.2 Å². The van der Waals surface area contributed by atoms with Gasteiger partial charge in [-0.05, 0) is 112 Å². The molecule has 0 bridgehead atoms. The van der Waals surface area contributed by atoms with Crippen molar-refractivity contribution in [2.75, 3.05) is 124 Å². The Labute approximate surface area is 475 Å². The molecule has 0 fully saturated rings. The summed E-state index contributed by atoms with van der Waals surface area (Å²) in [7, 11) is 1.67. The smallest absolute Gasteiger partial charge is 0.173 e. The van der Waals surface area contributed by atoms with Crippen molar-refractivity contribution in [3.63, 3.8) is 0 Å². The molecule has 0 aliphatic rings. The Bertz CT molecular complexity index is 2670. The molecule has 6 heterocycles. The van der Waals surface area contributed by atoms with Gasteiger partial charge in [-0.15, -0.1) is 34.0 Å². The summed E-state index contributed by atoms with van der Waals surface area (Å²) in [6.45, 7) is 14.2. The van der Waals surface area contributed by atoms with Gasteiger partial charge in [-0.1, -0.05) is 23.5 Å². The van der Waals surface area contributed by atoms with E-state index in [4.69, 9.17) is 44.6 Å². The molecule has 420 valence electrons. The van der Waals surface area contributed by atoms with Gasteiger partial charge in [0.2, 0.25) is 0 Å². The van der Waals surface area contributed by atoms with Crippen LogP contribution in [0, 0.1) is 6.92 Å². The van der Waals surface area contributed by atoms with Crippen LogP contribution in [-0.4, -0.2) is 166 Å². The maximum Gasteiger partial charge on any atom is 0.173 e. The van der Waals surface area contributed by atoms with Gasteiger partial charge < -0.3 is 44.6 Å². The SMILES string of the molecule is CC=Nc1cccc(N=Cc2ccc(C=NCCCOCCOCCOCCCN=Cc3ccc(C)s3)s2)n1.COc1ccc(C=NCCCOCCOCCOCCCN=Cc2ccc(C=O)s2)s1.Nc1cccc(N)n1. The highest BCUT2D eigenvalue weighted by Gasteiger charge is 2.01. The molecule has 0 saturated carbocycles. The lowest BCUT2D eigenvalue weighted by Gasteiger charge is -2.06. The third-order valence-electron chi connectivity index (χ3n) is 9.74. The topological polar surface area (TPSA) is 234 Å². The van der Waals surface area contributed by atoms with E-state index in [2.05, 4.69) is 59.0 Å². The molecule has 4 N–H and O–H groups in total. The Balaban J connectivity index is 0.000000299. The largest absolute Gasteiger partial charge is 0.487 e. The Morgan fingerprint density at radius 1 is 0.449 bits per heavy atom. The van der Waals surface area contributed by atoms with Gasteiger partial charge in [0.1, 0.15) is 11.6 Å². The molecule has 6 rings (SSSR count). The van der Waals surface area contributed by atoms with E-state index < -0.39 is 0 Å². The van der Waals surface area contributed by atoms with E-state index in [-0.39, 0.29) is 0 Å². The number of nitrogens with zero attached hydrogens (tertiary/aromatic N) is 8. The number of ether oxygens (including phenoxy) is 7. The number of aldehydes is 1. The molecular weight excluding hydrogens is 1070 g/mol. The molecule has 0 unspecified atom stereocenters. The first-order valence-electron chi connectivity index (χ1n) is 25.6. The summed E-state index contributed by atoms with van der Waals surface area (Å²) in [5.74, 6) is 2.22. The highest BCUT2D eigenvalue weighted by atomic mass is 32.1. The normalized spacial score (nSPS) is 11.7. The van der Waals surface area contributed by atoms with Crippen molar-refractivity contribution >= 4 is 112 Å². The second-order valence-corrected chi connectivity index (χ2v) is 20.8. The number of aromatic nitrogens is 2. The Morgan fingerprint density at radius 3 is 1.23 bits per heavy atom. The monoisotopic (exact) mass is 1140 g/mol. The number of rotatable bonds is 37. The first-order chi connectivity index (χ1) is 38.3. The quantitative estimate of drug-likeness (QED) is 0.0211. The first-order valence-corrected chi connectivity index (χ1v) is 28.9. The predicted molar refractivity (Wildman–Crippen MR) is 326 cm³/mol. The van der Waals surface area contributed by atoms with E-state index in [9.17, 15) is 4.79 Å². The fourth-order valence-electron chi connectivity index (χ4n) is 6.06. The summed E-state index contributed by atoms with van der Waals surface area (Å²) in [6, 6.07) is 26.7. The fraction of sp³-hybridized carbons (Fsp3) is 0.411. The van der Waals surface area contributed by atoms with E-state index in [0.717, 1.165) is 81.1 Å². The van der Waals surface area contributed by atoms with Crippen LogP contribution in [0.15, 0.2) is 115 Å². The van der Waals surface area contributed by atoms with Gasteiger partial charge in [0, 0.05) is 119 Å². The maximum absolute atomic E-state index is 10.6. The lowest BCUT2D eigenvalue weighted by Crippen LogP contribution is -2.10. The summed E-state index contributed by atoms with van der Waals surface area (Å²) in [4.78, 5) is 52.4. The number of carbonyl (C=O) groups is 1. The highest BCUT2D eigenvalue weighted by Crippen LogP contribution is 2.22. The third kappa shape index (κ3) is 32.0. The zero-order valence-electron chi connectivity index (χ0n) is 44.9. The van der Waals surface area contributed by atoms with Crippen LogP contribution in [-0.2, 0) is 28.4 Å². The molecule has 0 saturated heterocycles. The molecule has 0 aliphatic heterocycles. The average Bonchev–Trinajstić information content (AvgIpc) is 4.30. The van der Waals surface area contributed by atoms with Crippen LogP contribution in [0.25, 0.3) is 0 Å². The van der Waals surface area contributed by atoms with Gasteiger partial charge in [-0.3, -0.25) is 24.8 Å². The van der Waals surface area contributed by atoms with Crippen LogP contribution in [0.1, 0.15) is 71.5 Å². The summed E-state index contributed by atoms with van der Waals surface area (Å²) in [6.07, 6.45) is 15.4. The van der Waals surface area contributed by atoms with Gasteiger partial charge in [-0.25, -0.2) is 20.0 Å². The predicted octanol–water partition coefficient (Wildman–Crippen LogP) is 10.6. The molecule has 0 amide bonds. The molecule has 0 aliphatic carbocycles.